The summed E-state index contributed by atoms with van der Waals surface area (Å²) in [5.74, 6) is 0. The normalized spacial score (nSPS) is 25.7. The highest BCUT2D eigenvalue weighted by atomic mass is 16.5. The molecule has 2 rings (SSSR count). The SMILES string of the molecule is Cc1ccccc1C1(C)COC(N)=N1. The van der Waals surface area contributed by atoms with Crippen LogP contribution < -0.4 is 5.73 Å². The lowest BCUT2D eigenvalue weighted by atomic mass is 9.90. The predicted molar refractivity (Wildman–Crippen MR) is 56.1 cm³/mol. The Hall–Kier alpha value is -1.51. The molecular weight excluding hydrogens is 176 g/mol. The standard InChI is InChI=1S/C11H14N2O/c1-8-5-3-4-6-9(8)11(2)7-14-10(12)13-11/h3-6H,7H2,1-2H3,(H2,12,13). The van der Waals surface area contributed by atoms with E-state index in [9.17, 15) is 0 Å². The van der Waals surface area contributed by atoms with Crippen LogP contribution in [0.3, 0.4) is 0 Å². The largest absolute Gasteiger partial charge is 0.462 e. The Morgan fingerprint density at radius 1 is 1.43 bits per heavy atom. The van der Waals surface area contributed by atoms with Gasteiger partial charge in [0.25, 0.3) is 6.02 Å². The van der Waals surface area contributed by atoms with Crippen LogP contribution in [0.5, 0.6) is 0 Å². The first kappa shape index (κ1) is 9.06. The Bertz CT molecular complexity index is 387. The van der Waals surface area contributed by atoms with Crippen LogP contribution in [-0.2, 0) is 10.3 Å². The van der Waals surface area contributed by atoms with E-state index in [1.54, 1.807) is 0 Å². The Kier molecular flexibility index (Phi) is 1.95. The van der Waals surface area contributed by atoms with Crippen LogP contribution in [0.15, 0.2) is 29.3 Å². The van der Waals surface area contributed by atoms with Crippen molar-refractivity contribution < 1.29 is 4.74 Å². The summed E-state index contributed by atoms with van der Waals surface area (Å²) in [6, 6.07) is 8.46. The summed E-state index contributed by atoms with van der Waals surface area (Å²) < 4.78 is 5.21. The Labute approximate surface area is 83.6 Å². The highest BCUT2D eigenvalue weighted by molar-refractivity contribution is 5.74. The molecule has 2 N–H and O–H groups in total. The summed E-state index contributed by atoms with van der Waals surface area (Å²) in [5.41, 5.74) is 7.62. The number of nitrogens with two attached hydrogens (primary N) is 1. The van der Waals surface area contributed by atoms with Gasteiger partial charge in [-0.25, -0.2) is 4.99 Å². The molecule has 0 saturated heterocycles. The van der Waals surface area contributed by atoms with Crippen LogP contribution in [0, 0.1) is 6.92 Å². The molecule has 1 atom stereocenters. The van der Waals surface area contributed by atoms with Crippen molar-refractivity contribution in [3.8, 4) is 0 Å². The third-order valence-corrected chi connectivity index (χ3v) is 2.58. The lowest BCUT2D eigenvalue weighted by Crippen LogP contribution is -2.21. The van der Waals surface area contributed by atoms with E-state index >= 15 is 0 Å². The van der Waals surface area contributed by atoms with Crippen LogP contribution in [0.25, 0.3) is 0 Å². The van der Waals surface area contributed by atoms with Gasteiger partial charge in [0, 0.05) is 0 Å². The molecule has 74 valence electrons. The van der Waals surface area contributed by atoms with Crippen molar-refractivity contribution in [1.82, 2.24) is 0 Å². The smallest absolute Gasteiger partial charge is 0.283 e. The van der Waals surface area contributed by atoms with Gasteiger partial charge in [0.2, 0.25) is 0 Å². The van der Waals surface area contributed by atoms with Crippen LogP contribution in [0.1, 0.15) is 18.1 Å². The quantitative estimate of drug-likeness (QED) is 0.730. The summed E-state index contributed by atoms with van der Waals surface area (Å²) in [7, 11) is 0. The molecule has 0 aromatic heterocycles. The Balaban J connectivity index is 2.45. The molecule has 1 unspecified atom stereocenters. The van der Waals surface area contributed by atoms with Gasteiger partial charge in [0.05, 0.1) is 0 Å². The second-order valence-corrected chi connectivity index (χ2v) is 3.83. The minimum absolute atomic E-state index is 0.288. The third-order valence-electron chi connectivity index (χ3n) is 2.58. The van der Waals surface area contributed by atoms with Crippen LogP contribution in [-0.4, -0.2) is 12.6 Å². The highest BCUT2D eigenvalue weighted by Crippen LogP contribution is 2.31. The number of aliphatic imine (C=N–C) groups is 1. The summed E-state index contributed by atoms with van der Waals surface area (Å²) >= 11 is 0. The van der Waals surface area contributed by atoms with Crippen molar-refractivity contribution in [3.05, 3.63) is 35.4 Å². The van der Waals surface area contributed by atoms with Crippen molar-refractivity contribution >= 4 is 6.02 Å². The van der Waals surface area contributed by atoms with E-state index in [2.05, 4.69) is 24.0 Å². The van der Waals surface area contributed by atoms with Gasteiger partial charge in [0.15, 0.2) is 0 Å². The maximum atomic E-state index is 5.53. The molecule has 1 heterocycles. The molecule has 3 nitrogen and oxygen atoms in total. The number of hydrogen-bond donors (Lipinski definition) is 1. The predicted octanol–water partition coefficient (Wildman–Crippen LogP) is 1.56. The second kappa shape index (κ2) is 3.01. The van der Waals surface area contributed by atoms with E-state index < -0.39 is 0 Å². The topological polar surface area (TPSA) is 47.6 Å². The molecular formula is C11H14N2O. The fourth-order valence-corrected chi connectivity index (χ4v) is 1.84. The molecule has 0 bridgehead atoms. The summed E-state index contributed by atoms with van der Waals surface area (Å²) in [6.45, 7) is 4.64. The number of rotatable bonds is 1. The Morgan fingerprint density at radius 2 is 2.14 bits per heavy atom. The summed E-state index contributed by atoms with van der Waals surface area (Å²) in [6.07, 6.45) is 0. The zero-order valence-corrected chi connectivity index (χ0v) is 8.45. The molecule has 0 radical (unpaired) electrons. The van der Waals surface area contributed by atoms with Gasteiger partial charge in [-0.3, -0.25) is 0 Å². The Morgan fingerprint density at radius 3 is 2.71 bits per heavy atom. The number of nitrogens with zero attached hydrogens (tertiary/aromatic N) is 1. The molecule has 1 aromatic rings. The molecule has 1 aliphatic rings. The maximum Gasteiger partial charge on any atom is 0.283 e. The first-order valence-corrected chi connectivity index (χ1v) is 4.66. The molecule has 0 saturated carbocycles. The average molecular weight is 190 g/mol. The average Bonchev–Trinajstić information content (AvgIpc) is 2.48. The molecule has 1 aliphatic heterocycles. The van der Waals surface area contributed by atoms with Gasteiger partial charge in [-0.05, 0) is 25.0 Å². The molecule has 3 heteroatoms. The van der Waals surface area contributed by atoms with E-state index in [-0.39, 0.29) is 11.6 Å². The first-order chi connectivity index (χ1) is 6.62. The van der Waals surface area contributed by atoms with Crippen molar-refractivity contribution in [1.29, 1.82) is 0 Å². The maximum absolute atomic E-state index is 5.53. The number of ether oxygens (including phenoxy) is 1. The minimum Gasteiger partial charge on any atom is -0.462 e. The zero-order valence-electron chi connectivity index (χ0n) is 8.45. The molecule has 1 aromatic carbocycles. The highest BCUT2D eigenvalue weighted by Gasteiger charge is 2.33. The summed E-state index contributed by atoms with van der Waals surface area (Å²) in [4.78, 5) is 4.32. The molecule has 0 fully saturated rings. The van der Waals surface area contributed by atoms with Crippen molar-refractivity contribution in [2.45, 2.75) is 19.4 Å². The van der Waals surface area contributed by atoms with Crippen molar-refractivity contribution in [3.63, 3.8) is 0 Å². The van der Waals surface area contributed by atoms with E-state index in [1.807, 2.05) is 19.1 Å². The monoisotopic (exact) mass is 190 g/mol. The minimum atomic E-state index is -0.310. The van der Waals surface area contributed by atoms with Crippen LogP contribution in [0.4, 0.5) is 0 Å². The van der Waals surface area contributed by atoms with Crippen LogP contribution in [0.2, 0.25) is 0 Å². The first-order valence-electron chi connectivity index (χ1n) is 4.66. The van der Waals surface area contributed by atoms with E-state index in [0.29, 0.717) is 6.61 Å². The van der Waals surface area contributed by atoms with Gasteiger partial charge < -0.3 is 10.5 Å². The van der Waals surface area contributed by atoms with Gasteiger partial charge in [-0.1, -0.05) is 24.3 Å². The zero-order chi connectivity index (χ0) is 10.2. The molecule has 0 spiro atoms. The number of hydrogen-bond acceptors (Lipinski definition) is 3. The van der Waals surface area contributed by atoms with Gasteiger partial charge in [0.1, 0.15) is 12.1 Å². The van der Waals surface area contributed by atoms with Gasteiger partial charge in [-0.2, -0.15) is 0 Å². The van der Waals surface area contributed by atoms with Crippen molar-refractivity contribution in [2.24, 2.45) is 10.7 Å². The second-order valence-electron chi connectivity index (χ2n) is 3.83. The van der Waals surface area contributed by atoms with Crippen molar-refractivity contribution in [2.75, 3.05) is 6.61 Å². The number of amidine groups is 1. The number of benzene rings is 1. The lowest BCUT2D eigenvalue weighted by Gasteiger charge is -2.20. The van der Waals surface area contributed by atoms with Gasteiger partial charge >= 0.3 is 0 Å². The number of aryl methyl sites for hydroxylation is 1. The van der Waals surface area contributed by atoms with Crippen LogP contribution >= 0.6 is 0 Å². The fourth-order valence-electron chi connectivity index (χ4n) is 1.84. The third kappa shape index (κ3) is 1.35. The fraction of sp³-hybridized carbons (Fsp3) is 0.364. The van der Waals surface area contributed by atoms with Gasteiger partial charge in [-0.15, -0.1) is 0 Å². The van der Waals surface area contributed by atoms with E-state index in [0.717, 1.165) is 0 Å². The van der Waals surface area contributed by atoms with E-state index in [1.165, 1.54) is 11.1 Å². The summed E-state index contributed by atoms with van der Waals surface area (Å²) in [5, 5.41) is 0. The molecule has 0 amide bonds. The molecule has 14 heavy (non-hydrogen) atoms. The van der Waals surface area contributed by atoms with E-state index in [4.69, 9.17) is 10.5 Å². The lowest BCUT2D eigenvalue weighted by molar-refractivity contribution is 0.266. The molecule has 0 aliphatic carbocycles.